The van der Waals surface area contributed by atoms with Crippen molar-refractivity contribution in [1.82, 2.24) is 0 Å². The fraction of sp³-hybridized carbons (Fsp3) is 0.296. The van der Waals surface area contributed by atoms with Crippen LogP contribution in [0.15, 0.2) is 71.6 Å². The molecule has 0 spiro atoms. The highest BCUT2D eigenvalue weighted by Crippen LogP contribution is 2.56. The summed E-state index contributed by atoms with van der Waals surface area (Å²) in [5.41, 5.74) is -8.19. The van der Waals surface area contributed by atoms with Gasteiger partial charge in [-0.05, 0) is 54.8 Å². The number of ether oxygens (including phenoxy) is 1. The molecule has 1 aliphatic rings. The van der Waals surface area contributed by atoms with E-state index >= 15 is 0 Å². The molecule has 0 radical (unpaired) electrons. The van der Waals surface area contributed by atoms with Gasteiger partial charge in [0.1, 0.15) is 22.2 Å². The second-order valence-corrected chi connectivity index (χ2v) is 11.9. The SMILES string of the molecule is O=C(O)C1CC(c2ccc(C(OCc3c(F)cccc3F)(C(F)(F)F)C(F)(F)F)cc2)(S(=O)(=O)c2ccc(F)cc2)C1. The molecule has 0 unspecified atom stereocenters. The molecular weight excluding hydrogens is 607 g/mol. The van der Waals surface area contributed by atoms with E-state index in [2.05, 4.69) is 4.74 Å². The van der Waals surface area contributed by atoms with Gasteiger partial charge in [0.05, 0.1) is 17.4 Å². The standard InChI is InChI=1S/C27H19F9O5S/c28-18-8-10-19(11-9-18)42(39,40)24(12-15(13-24)23(37)38)16-4-6-17(7-5-16)25(26(31,32)33,27(34,35)36)41-14-20-21(29)2-1-3-22(20)30/h1-11,15H,12-14H2,(H,37,38). The average Bonchev–Trinajstić information content (AvgIpc) is 2.84. The molecular formula is C27H19F9O5S. The number of carboxylic acid groups (broad SMARTS) is 1. The Morgan fingerprint density at radius 2 is 1.33 bits per heavy atom. The summed E-state index contributed by atoms with van der Waals surface area (Å²) in [7, 11) is -4.55. The van der Waals surface area contributed by atoms with E-state index in [4.69, 9.17) is 0 Å². The minimum absolute atomic E-state index is 0.310. The lowest BCUT2D eigenvalue weighted by atomic mass is 9.70. The summed E-state index contributed by atoms with van der Waals surface area (Å²) in [6.45, 7) is -1.78. The molecule has 0 aliphatic heterocycles. The lowest BCUT2D eigenvalue weighted by Gasteiger charge is -2.45. The van der Waals surface area contributed by atoms with E-state index in [0.717, 1.165) is 30.3 Å². The molecule has 1 aliphatic carbocycles. The molecule has 1 fully saturated rings. The van der Waals surface area contributed by atoms with Gasteiger partial charge in [0.2, 0.25) is 0 Å². The third-order valence-corrected chi connectivity index (χ3v) is 9.74. The van der Waals surface area contributed by atoms with Crippen molar-refractivity contribution in [3.8, 4) is 0 Å². The van der Waals surface area contributed by atoms with Crippen LogP contribution in [0.2, 0.25) is 0 Å². The number of hydrogen-bond donors (Lipinski definition) is 1. The molecule has 1 saturated carbocycles. The molecule has 15 heteroatoms. The molecule has 0 saturated heterocycles. The maximum absolute atomic E-state index is 14.2. The van der Waals surface area contributed by atoms with Crippen molar-refractivity contribution in [2.24, 2.45) is 5.92 Å². The summed E-state index contributed by atoms with van der Waals surface area (Å²) in [6, 6.07) is 7.43. The summed E-state index contributed by atoms with van der Waals surface area (Å²) >= 11 is 0. The third-order valence-electron chi connectivity index (χ3n) is 7.25. The molecule has 226 valence electrons. The van der Waals surface area contributed by atoms with Crippen molar-refractivity contribution in [2.45, 2.75) is 47.0 Å². The zero-order chi connectivity index (χ0) is 31.3. The minimum Gasteiger partial charge on any atom is -0.481 e. The van der Waals surface area contributed by atoms with Crippen molar-refractivity contribution in [3.63, 3.8) is 0 Å². The third kappa shape index (κ3) is 5.02. The highest BCUT2D eigenvalue weighted by Gasteiger charge is 2.73. The quantitative estimate of drug-likeness (QED) is 0.220. The van der Waals surface area contributed by atoms with Crippen LogP contribution in [-0.2, 0) is 36.3 Å². The summed E-state index contributed by atoms with van der Waals surface area (Å²) in [6.07, 6.45) is -13.6. The molecule has 5 nitrogen and oxygen atoms in total. The number of halogens is 9. The molecule has 0 aromatic heterocycles. The predicted molar refractivity (Wildman–Crippen MR) is 127 cm³/mol. The van der Waals surface area contributed by atoms with Crippen molar-refractivity contribution < 1.29 is 62.6 Å². The molecule has 42 heavy (non-hydrogen) atoms. The second-order valence-electron chi connectivity index (χ2n) is 9.64. The first-order valence-corrected chi connectivity index (χ1v) is 13.4. The molecule has 3 aromatic carbocycles. The first-order valence-electron chi connectivity index (χ1n) is 11.9. The van der Waals surface area contributed by atoms with Gasteiger partial charge in [-0.25, -0.2) is 21.6 Å². The Labute approximate surface area is 232 Å². The maximum Gasteiger partial charge on any atom is 0.430 e. The minimum atomic E-state index is -6.22. The Morgan fingerprint density at radius 3 is 1.79 bits per heavy atom. The Bertz CT molecular complexity index is 1540. The fourth-order valence-electron chi connectivity index (χ4n) is 4.95. The number of alkyl halides is 6. The molecule has 0 atom stereocenters. The van der Waals surface area contributed by atoms with Crippen LogP contribution >= 0.6 is 0 Å². The molecule has 0 bridgehead atoms. The number of benzene rings is 3. The lowest BCUT2D eigenvalue weighted by Crippen LogP contribution is -2.56. The highest BCUT2D eigenvalue weighted by atomic mass is 32.2. The van der Waals surface area contributed by atoms with E-state index in [9.17, 15) is 57.8 Å². The van der Waals surface area contributed by atoms with Crippen LogP contribution in [0.4, 0.5) is 39.5 Å². The van der Waals surface area contributed by atoms with E-state index in [1.165, 1.54) is 0 Å². The number of hydrogen-bond acceptors (Lipinski definition) is 4. The summed E-state index contributed by atoms with van der Waals surface area (Å²) < 4.78 is 156. The summed E-state index contributed by atoms with van der Waals surface area (Å²) in [5, 5.41) is 9.34. The Balaban J connectivity index is 1.82. The lowest BCUT2D eigenvalue weighted by molar-refractivity contribution is -0.392. The van der Waals surface area contributed by atoms with Crippen LogP contribution in [0, 0.1) is 23.4 Å². The molecule has 0 heterocycles. The van der Waals surface area contributed by atoms with Gasteiger partial charge < -0.3 is 9.84 Å². The van der Waals surface area contributed by atoms with Gasteiger partial charge in [0.15, 0.2) is 9.84 Å². The van der Waals surface area contributed by atoms with E-state index < -0.39 is 97.3 Å². The van der Waals surface area contributed by atoms with E-state index in [-0.39, 0.29) is 5.56 Å². The zero-order valence-corrected chi connectivity index (χ0v) is 21.8. The van der Waals surface area contributed by atoms with Crippen molar-refractivity contribution >= 4 is 15.8 Å². The van der Waals surface area contributed by atoms with E-state index in [0.29, 0.717) is 36.4 Å². The summed E-state index contributed by atoms with van der Waals surface area (Å²) in [5.74, 6) is -6.28. The van der Waals surface area contributed by atoms with Crippen molar-refractivity contribution in [1.29, 1.82) is 0 Å². The van der Waals surface area contributed by atoms with Gasteiger partial charge in [-0.2, -0.15) is 26.3 Å². The van der Waals surface area contributed by atoms with Crippen LogP contribution in [0.1, 0.15) is 29.5 Å². The predicted octanol–water partition coefficient (Wildman–Crippen LogP) is 6.80. The molecule has 3 aromatic rings. The van der Waals surface area contributed by atoms with E-state index in [1.54, 1.807) is 0 Å². The van der Waals surface area contributed by atoms with Crippen LogP contribution in [0.3, 0.4) is 0 Å². The van der Waals surface area contributed by atoms with Crippen LogP contribution < -0.4 is 0 Å². The number of aliphatic carboxylic acids is 1. The first-order chi connectivity index (χ1) is 19.4. The number of carbonyl (C=O) groups is 1. The van der Waals surface area contributed by atoms with Gasteiger partial charge in [-0.1, -0.05) is 30.3 Å². The Morgan fingerprint density at radius 1 is 0.833 bits per heavy atom. The Kier molecular flexibility index (Phi) is 7.91. The highest BCUT2D eigenvalue weighted by molar-refractivity contribution is 7.92. The molecule has 0 amide bonds. The van der Waals surface area contributed by atoms with Crippen LogP contribution in [0.25, 0.3) is 0 Å². The number of carboxylic acids is 1. The largest absolute Gasteiger partial charge is 0.481 e. The van der Waals surface area contributed by atoms with Crippen molar-refractivity contribution in [2.75, 3.05) is 0 Å². The van der Waals surface area contributed by atoms with E-state index in [1.807, 2.05) is 0 Å². The van der Waals surface area contributed by atoms with Gasteiger partial charge in [-0.3, -0.25) is 4.79 Å². The van der Waals surface area contributed by atoms with Gasteiger partial charge >= 0.3 is 18.3 Å². The second kappa shape index (κ2) is 10.6. The first kappa shape index (κ1) is 31.3. The van der Waals surface area contributed by atoms with Crippen molar-refractivity contribution in [3.05, 3.63) is 101 Å². The topological polar surface area (TPSA) is 80.7 Å². The fourth-order valence-corrected chi connectivity index (χ4v) is 7.19. The van der Waals surface area contributed by atoms with Gasteiger partial charge in [0, 0.05) is 11.1 Å². The van der Waals surface area contributed by atoms with Crippen LogP contribution in [0.5, 0.6) is 0 Å². The number of sulfone groups is 1. The zero-order valence-electron chi connectivity index (χ0n) is 20.9. The normalized spacial score (nSPS) is 19.8. The molecule has 4 rings (SSSR count). The number of rotatable bonds is 8. The summed E-state index contributed by atoms with van der Waals surface area (Å²) in [4.78, 5) is 11.0. The monoisotopic (exact) mass is 626 g/mol. The van der Waals surface area contributed by atoms with Crippen LogP contribution in [-0.4, -0.2) is 31.8 Å². The molecule has 1 N–H and O–H groups in total. The maximum atomic E-state index is 14.2. The smallest absolute Gasteiger partial charge is 0.430 e. The van der Waals surface area contributed by atoms with Gasteiger partial charge in [-0.15, -0.1) is 0 Å². The Hall–Kier alpha value is -3.59. The van der Waals surface area contributed by atoms with Gasteiger partial charge in [0.25, 0.3) is 5.60 Å². The average molecular weight is 626 g/mol.